The Hall–Kier alpha value is -0.990. The van der Waals surface area contributed by atoms with Crippen molar-refractivity contribution in [2.24, 2.45) is 23.0 Å². The lowest BCUT2D eigenvalue weighted by Crippen LogP contribution is -2.57. The van der Waals surface area contributed by atoms with Gasteiger partial charge < -0.3 is 11.1 Å². The van der Waals surface area contributed by atoms with Crippen molar-refractivity contribution in [3.63, 3.8) is 0 Å². The van der Waals surface area contributed by atoms with Crippen molar-refractivity contribution in [2.45, 2.75) is 32.7 Å². The van der Waals surface area contributed by atoms with Crippen LogP contribution >= 0.6 is 0 Å². The highest BCUT2D eigenvalue weighted by Crippen LogP contribution is 2.60. The summed E-state index contributed by atoms with van der Waals surface area (Å²) in [4.78, 5) is 10.8. The molecule has 3 N–H and O–H groups in total. The van der Waals surface area contributed by atoms with E-state index >= 15 is 0 Å². The van der Waals surface area contributed by atoms with Gasteiger partial charge in [0.05, 0.1) is 6.04 Å². The molecule has 2 amide bonds. The van der Waals surface area contributed by atoms with Gasteiger partial charge in [-0.15, -0.1) is 0 Å². The molecule has 0 aromatic carbocycles. The van der Waals surface area contributed by atoms with Gasteiger partial charge in [-0.25, -0.2) is 4.79 Å². The molecule has 3 rings (SSSR count). The van der Waals surface area contributed by atoms with E-state index < -0.39 is 6.03 Å². The first kappa shape index (κ1) is 9.56. The van der Waals surface area contributed by atoms with Crippen LogP contribution in [0.25, 0.3) is 0 Å². The summed E-state index contributed by atoms with van der Waals surface area (Å²) in [5, 5.41) is 2.77. The van der Waals surface area contributed by atoms with Crippen molar-refractivity contribution in [2.75, 3.05) is 0 Å². The molecule has 14 heavy (non-hydrogen) atoms. The molecule has 0 heterocycles. The normalized spacial score (nSPS) is 38.7. The first-order valence-corrected chi connectivity index (χ1v) is 5.17. The number of hydrogen-bond donors (Lipinski definition) is 2. The van der Waals surface area contributed by atoms with Crippen LogP contribution in [0.5, 0.6) is 0 Å². The van der Waals surface area contributed by atoms with Gasteiger partial charge in [-0.05, 0) is 30.1 Å². The molecule has 3 unspecified atom stereocenters. The van der Waals surface area contributed by atoms with E-state index in [0.717, 1.165) is 17.9 Å². The molecule has 3 nitrogen and oxygen atoms in total. The molecule has 3 fully saturated rings. The zero-order chi connectivity index (χ0) is 10.5. The van der Waals surface area contributed by atoms with Crippen LogP contribution in [0.15, 0.2) is 12.2 Å². The Kier molecular flexibility index (Phi) is 1.88. The third kappa shape index (κ3) is 1.15. The molecule has 3 atom stereocenters. The lowest BCUT2D eigenvalue weighted by molar-refractivity contribution is -0.0367. The Bertz CT molecular complexity index is 296. The van der Waals surface area contributed by atoms with E-state index in [4.69, 9.17) is 5.73 Å². The summed E-state index contributed by atoms with van der Waals surface area (Å²) in [6, 6.07) is -0.320. The first-order chi connectivity index (χ1) is 6.43. The molecule has 0 aromatic heterocycles. The van der Waals surface area contributed by atoms with Gasteiger partial charge in [0.1, 0.15) is 0 Å². The maximum atomic E-state index is 10.8. The van der Waals surface area contributed by atoms with Gasteiger partial charge in [0.25, 0.3) is 0 Å². The van der Waals surface area contributed by atoms with Crippen molar-refractivity contribution in [1.82, 2.24) is 5.32 Å². The summed E-state index contributed by atoms with van der Waals surface area (Å²) < 4.78 is 0. The number of carbonyl (C=O) groups excluding carboxylic acids is 1. The van der Waals surface area contributed by atoms with E-state index in [-0.39, 0.29) is 6.04 Å². The third-order valence-corrected chi connectivity index (χ3v) is 4.20. The molecular formula is C11H18N2O. The number of nitrogens with two attached hydrogens (primary N) is 1. The molecule has 3 aliphatic carbocycles. The predicted octanol–water partition coefficient (Wildman–Crippen LogP) is 1.65. The van der Waals surface area contributed by atoms with E-state index in [1.54, 1.807) is 0 Å². The zero-order valence-electron chi connectivity index (χ0n) is 8.84. The summed E-state index contributed by atoms with van der Waals surface area (Å²) in [5.41, 5.74) is 6.67. The monoisotopic (exact) mass is 194 g/mol. The van der Waals surface area contributed by atoms with Crippen LogP contribution in [0.4, 0.5) is 4.79 Å². The highest BCUT2D eigenvalue weighted by atomic mass is 16.2. The Morgan fingerprint density at radius 1 is 1.57 bits per heavy atom. The summed E-state index contributed by atoms with van der Waals surface area (Å²) >= 11 is 0. The highest BCUT2D eigenvalue weighted by Gasteiger charge is 2.54. The molecule has 0 spiro atoms. The number of nitrogens with one attached hydrogen (secondary N) is 1. The molecule has 0 aliphatic heterocycles. The lowest BCUT2D eigenvalue weighted by atomic mass is 9.46. The molecule has 2 bridgehead atoms. The number of amides is 2. The van der Waals surface area contributed by atoms with Crippen LogP contribution in [0.1, 0.15) is 26.7 Å². The number of rotatable bonds is 1. The van der Waals surface area contributed by atoms with Crippen molar-refractivity contribution in [3.05, 3.63) is 12.2 Å². The number of hydrogen-bond acceptors (Lipinski definition) is 1. The summed E-state index contributed by atoms with van der Waals surface area (Å²) in [5.74, 6) is 1.29. The van der Waals surface area contributed by atoms with Crippen LogP contribution in [0.2, 0.25) is 0 Å². The van der Waals surface area contributed by atoms with Crippen molar-refractivity contribution in [1.29, 1.82) is 0 Å². The van der Waals surface area contributed by atoms with Gasteiger partial charge >= 0.3 is 6.03 Å². The quantitative estimate of drug-likeness (QED) is 0.613. The van der Waals surface area contributed by atoms with Crippen molar-refractivity contribution < 1.29 is 4.79 Å². The molecule has 0 aromatic rings. The average molecular weight is 194 g/mol. The van der Waals surface area contributed by atoms with E-state index in [2.05, 4.69) is 25.7 Å². The van der Waals surface area contributed by atoms with Gasteiger partial charge in [0, 0.05) is 0 Å². The standard InChI is InChI=1S/C11H18N2O/c1-6-8-4-7(11(8,2)3)5-9(6)13-10(12)14/h7-9H,1,4-5H2,2-3H3,(H3,12,13,14). The Labute approximate surface area is 84.7 Å². The molecular weight excluding hydrogens is 176 g/mol. The average Bonchev–Trinajstić information content (AvgIpc) is 2.06. The minimum absolute atomic E-state index is 0.115. The third-order valence-electron chi connectivity index (χ3n) is 4.20. The number of primary amides is 1. The maximum Gasteiger partial charge on any atom is 0.312 e. The Balaban J connectivity index is 2.08. The lowest BCUT2D eigenvalue weighted by Gasteiger charge is -2.59. The SMILES string of the molecule is C=C1C(NC(N)=O)CC2CC1C2(C)C. The van der Waals surface area contributed by atoms with E-state index in [0.29, 0.717) is 11.3 Å². The molecule has 3 saturated carbocycles. The number of urea groups is 1. The van der Waals surface area contributed by atoms with E-state index in [1.165, 1.54) is 6.42 Å². The van der Waals surface area contributed by atoms with Crippen LogP contribution < -0.4 is 11.1 Å². The second-order valence-corrected chi connectivity index (χ2v) is 5.18. The van der Waals surface area contributed by atoms with Gasteiger partial charge in [-0.2, -0.15) is 0 Å². The molecule has 3 aliphatic rings. The van der Waals surface area contributed by atoms with Crippen LogP contribution in [-0.4, -0.2) is 12.1 Å². The highest BCUT2D eigenvalue weighted by molar-refractivity contribution is 5.72. The zero-order valence-corrected chi connectivity index (χ0v) is 8.84. The second-order valence-electron chi connectivity index (χ2n) is 5.18. The number of fused-ring (bicyclic) bond motifs is 2. The van der Waals surface area contributed by atoms with E-state index in [1.807, 2.05) is 0 Å². The van der Waals surface area contributed by atoms with Crippen molar-refractivity contribution >= 4 is 6.03 Å². The summed E-state index contributed by atoms with van der Waals surface area (Å²) in [6.45, 7) is 8.67. The second kappa shape index (κ2) is 2.75. The van der Waals surface area contributed by atoms with E-state index in [9.17, 15) is 4.79 Å². The fraction of sp³-hybridized carbons (Fsp3) is 0.727. The Morgan fingerprint density at radius 2 is 2.21 bits per heavy atom. The molecule has 0 saturated heterocycles. The van der Waals surface area contributed by atoms with Gasteiger partial charge in [-0.3, -0.25) is 0 Å². The van der Waals surface area contributed by atoms with Crippen LogP contribution in [0, 0.1) is 17.3 Å². The largest absolute Gasteiger partial charge is 0.352 e. The van der Waals surface area contributed by atoms with Crippen LogP contribution in [0.3, 0.4) is 0 Å². The van der Waals surface area contributed by atoms with Crippen molar-refractivity contribution in [3.8, 4) is 0 Å². The number of carbonyl (C=O) groups is 1. The summed E-state index contributed by atoms with van der Waals surface area (Å²) in [7, 11) is 0. The smallest absolute Gasteiger partial charge is 0.312 e. The molecule has 3 heteroatoms. The fourth-order valence-corrected chi connectivity index (χ4v) is 3.05. The predicted molar refractivity (Wildman–Crippen MR) is 55.6 cm³/mol. The Morgan fingerprint density at radius 3 is 2.64 bits per heavy atom. The summed E-state index contributed by atoms with van der Waals surface area (Å²) in [6.07, 6.45) is 2.24. The minimum atomic E-state index is -0.435. The maximum absolute atomic E-state index is 10.8. The van der Waals surface area contributed by atoms with Crippen LogP contribution in [-0.2, 0) is 0 Å². The van der Waals surface area contributed by atoms with Gasteiger partial charge in [0.15, 0.2) is 0 Å². The molecule has 0 radical (unpaired) electrons. The van der Waals surface area contributed by atoms with Gasteiger partial charge in [0.2, 0.25) is 0 Å². The molecule has 78 valence electrons. The fourth-order valence-electron chi connectivity index (χ4n) is 3.05. The minimum Gasteiger partial charge on any atom is -0.352 e. The van der Waals surface area contributed by atoms with Gasteiger partial charge in [-0.1, -0.05) is 26.0 Å². The first-order valence-electron chi connectivity index (χ1n) is 5.17. The topological polar surface area (TPSA) is 55.1 Å².